The molecule has 0 aromatic heterocycles. The highest BCUT2D eigenvalue weighted by atomic mass is 14.5. The van der Waals surface area contributed by atoms with E-state index in [0.29, 0.717) is 0 Å². The Morgan fingerprint density at radius 3 is 1.57 bits per heavy atom. The molecule has 0 heterocycles. The molecule has 7 aromatic rings. The minimum Gasteiger partial charge on any atom is -0.0619 e. The normalized spacial score (nSPS) is 16.9. The van der Waals surface area contributed by atoms with E-state index >= 15 is 0 Å². The van der Waals surface area contributed by atoms with Crippen molar-refractivity contribution in [3.8, 4) is 22.3 Å². The molecule has 0 nitrogen and oxygen atoms in total. The Morgan fingerprint density at radius 1 is 0.362 bits per heavy atom. The predicted molar refractivity (Wildman–Crippen MR) is 198 cm³/mol. The summed E-state index contributed by atoms with van der Waals surface area (Å²) < 4.78 is 0. The summed E-state index contributed by atoms with van der Waals surface area (Å²) >= 11 is 0. The van der Waals surface area contributed by atoms with E-state index in [4.69, 9.17) is 0 Å². The summed E-state index contributed by atoms with van der Waals surface area (Å²) in [5, 5.41) is 2.58. The van der Waals surface area contributed by atoms with Gasteiger partial charge in [-0.05, 0) is 119 Å². The molecule has 9 rings (SSSR count). The second kappa shape index (κ2) is 9.90. The van der Waals surface area contributed by atoms with Crippen LogP contribution < -0.4 is 0 Å². The molecule has 47 heavy (non-hydrogen) atoms. The van der Waals surface area contributed by atoms with Gasteiger partial charge < -0.3 is 0 Å². The quantitative estimate of drug-likeness (QED) is 0.189. The monoisotopic (exact) mass is 602 g/mol. The van der Waals surface area contributed by atoms with E-state index in [1.54, 1.807) is 0 Å². The number of hydrogen-bond donors (Lipinski definition) is 0. The fourth-order valence-electron chi connectivity index (χ4n) is 8.95. The summed E-state index contributed by atoms with van der Waals surface area (Å²) in [6.45, 7) is 11.4. The fourth-order valence-corrected chi connectivity index (χ4v) is 8.95. The summed E-state index contributed by atoms with van der Waals surface area (Å²) in [6.07, 6.45) is 0. The van der Waals surface area contributed by atoms with Crippen molar-refractivity contribution >= 4 is 10.8 Å². The minimum atomic E-state index is -0.440. The van der Waals surface area contributed by atoms with E-state index in [2.05, 4.69) is 174 Å². The predicted octanol–water partition coefficient (Wildman–Crippen LogP) is 11.8. The van der Waals surface area contributed by atoms with Crippen LogP contribution in [0, 0.1) is 27.7 Å². The molecule has 1 atom stereocenters. The molecule has 0 amide bonds. The zero-order valence-corrected chi connectivity index (χ0v) is 27.8. The Kier molecular flexibility index (Phi) is 5.91. The summed E-state index contributed by atoms with van der Waals surface area (Å²) in [6, 6.07) is 53.5. The summed E-state index contributed by atoms with van der Waals surface area (Å²) in [5.41, 5.74) is 19.3. The minimum absolute atomic E-state index is 0.347. The van der Waals surface area contributed by atoms with Gasteiger partial charge in [0.2, 0.25) is 0 Å². The van der Waals surface area contributed by atoms with Gasteiger partial charge in [-0.15, -0.1) is 0 Å². The second-order valence-corrected chi connectivity index (χ2v) is 14.2. The van der Waals surface area contributed by atoms with Gasteiger partial charge in [-0.2, -0.15) is 0 Å². The molecule has 7 aromatic carbocycles. The molecule has 1 unspecified atom stereocenters. The molecule has 0 radical (unpaired) electrons. The molecule has 0 spiro atoms. The Hall–Kier alpha value is -5.20. The lowest BCUT2D eigenvalue weighted by molar-refractivity contribution is 0.710. The van der Waals surface area contributed by atoms with Crippen LogP contribution in [0.4, 0.5) is 0 Å². The Balaban J connectivity index is 1.45. The average molecular weight is 603 g/mol. The van der Waals surface area contributed by atoms with Crippen molar-refractivity contribution in [3.63, 3.8) is 0 Å². The number of fused-ring (bicyclic) bond motifs is 7. The van der Waals surface area contributed by atoms with Crippen molar-refractivity contribution in [3.05, 3.63) is 201 Å². The zero-order chi connectivity index (χ0) is 32.1. The lowest BCUT2D eigenvalue weighted by atomic mass is 9.66. The Morgan fingerprint density at radius 2 is 0.894 bits per heavy atom. The van der Waals surface area contributed by atoms with E-state index in [0.717, 1.165) is 0 Å². The Labute approximate surface area is 278 Å². The van der Waals surface area contributed by atoms with Crippen LogP contribution in [0.2, 0.25) is 0 Å². The van der Waals surface area contributed by atoms with Crippen LogP contribution in [0.25, 0.3) is 33.0 Å². The molecule has 0 heteroatoms. The molecular weight excluding hydrogens is 565 g/mol. The van der Waals surface area contributed by atoms with Crippen molar-refractivity contribution in [1.29, 1.82) is 0 Å². The van der Waals surface area contributed by atoms with Crippen LogP contribution in [-0.2, 0) is 10.8 Å². The van der Waals surface area contributed by atoms with Gasteiger partial charge in [0, 0.05) is 5.41 Å². The molecule has 0 bridgehead atoms. The summed E-state index contributed by atoms with van der Waals surface area (Å²) in [7, 11) is 0. The summed E-state index contributed by atoms with van der Waals surface area (Å²) in [4.78, 5) is 0. The topological polar surface area (TPSA) is 0 Å². The number of hydrogen-bond acceptors (Lipinski definition) is 0. The van der Waals surface area contributed by atoms with Gasteiger partial charge in [-0.3, -0.25) is 0 Å². The van der Waals surface area contributed by atoms with Crippen LogP contribution >= 0.6 is 0 Å². The highest BCUT2D eigenvalue weighted by molar-refractivity contribution is 5.97. The first-order valence-electron chi connectivity index (χ1n) is 16.8. The highest BCUT2D eigenvalue weighted by Gasteiger charge is 2.50. The third-order valence-corrected chi connectivity index (χ3v) is 11.2. The van der Waals surface area contributed by atoms with Crippen molar-refractivity contribution in [2.75, 3.05) is 0 Å². The van der Waals surface area contributed by atoms with E-state index in [9.17, 15) is 0 Å². The lowest BCUT2D eigenvalue weighted by Gasteiger charge is -2.36. The molecule has 0 saturated carbocycles. The van der Waals surface area contributed by atoms with Crippen LogP contribution in [0.5, 0.6) is 0 Å². The number of benzene rings is 7. The van der Waals surface area contributed by atoms with Crippen LogP contribution in [0.1, 0.15) is 68.1 Å². The first-order valence-corrected chi connectivity index (χ1v) is 16.8. The molecule has 0 aliphatic heterocycles. The highest BCUT2D eigenvalue weighted by Crippen LogP contribution is 2.62. The molecule has 2 aliphatic carbocycles. The maximum Gasteiger partial charge on any atom is 0.0713 e. The molecule has 0 saturated heterocycles. The van der Waals surface area contributed by atoms with E-state index in [1.165, 1.54) is 94.2 Å². The largest absolute Gasteiger partial charge is 0.0713 e. The van der Waals surface area contributed by atoms with E-state index < -0.39 is 5.41 Å². The molecule has 0 fully saturated rings. The van der Waals surface area contributed by atoms with Gasteiger partial charge in [-0.25, -0.2) is 0 Å². The molecule has 2 aliphatic rings. The fraction of sp³-hybridized carbons (Fsp3) is 0.149. The van der Waals surface area contributed by atoms with Crippen LogP contribution in [0.3, 0.4) is 0 Å². The number of rotatable bonds is 3. The first-order chi connectivity index (χ1) is 22.8. The van der Waals surface area contributed by atoms with Crippen molar-refractivity contribution < 1.29 is 0 Å². The van der Waals surface area contributed by atoms with Gasteiger partial charge in [-0.1, -0.05) is 150 Å². The van der Waals surface area contributed by atoms with Crippen molar-refractivity contribution in [2.24, 2.45) is 0 Å². The smallest absolute Gasteiger partial charge is 0.0619 e. The maximum atomic E-state index is 2.49. The number of aryl methyl sites for hydroxylation is 4. The first kappa shape index (κ1) is 28.1. The molecular formula is C47H38. The van der Waals surface area contributed by atoms with Crippen molar-refractivity contribution in [2.45, 2.75) is 45.4 Å². The maximum absolute atomic E-state index is 2.49. The molecule has 0 N–H and O–H groups in total. The third kappa shape index (κ3) is 3.76. The second-order valence-electron chi connectivity index (χ2n) is 14.2. The van der Waals surface area contributed by atoms with E-state index in [-0.39, 0.29) is 5.41 Å². The van der Waals surface area contributed by atoms with Gasteiger partial charge in [0.05, 0.1) is 5.41 Å². The van der Waals surface area contributed by atoms with Crippen LogP contribution in [0.15, 0.2) is 140 Å². The SMILES string of the molecule is Cc1ccc(C2(c3ccc(C)cc3)c3ccccc3-c3c(C4(C)c5cc(C)ccc5-c5cc6ccccc6cc54)cc(C)cc32)cc1. The van der Waals surface area contributed by atoms with Gasteiger partial charge in [0.15, 0.2) is 0 Å². The van der Waals surface area contributed by atoms with Crippen molar-refractivity contribution in [1.82, 2.24) is 0 Å². The standard InChI is InChI=1S/C47H38/c1-29-14-19-35(20-15-29)47(36-21-16-30(2)17-22-36)40-13-9-8-12-38(40)45-43(25-32(4)26-44(45)47)46(5)41-24-31(3)18-23-37(41)39-27-33-10-6-7-11-34(33)28-42(39)46/h6-28H,1-5H3. The van der Waals surface area contributed by atoms with Crippen LogP contribution in [-0.4, -0.2) is 0 Å². The zero-order valence-electron chi connectivity index (χ0n) is 27.8. The molecule has 226 valence electrons. The third-order valence-electron chi connectivity index (χ3n) is 11.2. The summed E-state index contributed by atoms with van der Waals surface area (Å²) in [5.74, 6) is 0. The van der Waals surface area contributed by atoms with Gasteiger partial charge >= 0.3 is 0 Å². The Bertz CT molecular complexity index is 2340. The van der Waals surface area contributed by atoms with E-state index in [1.807, 2.05) is 0 Å². The van der Waals surface area contributed by atoms with Gasteiger partial charge in [0.1, 0.15) is 0 Å². The average Bonchev–Trinajstić information content (AvgIpc) is 3.51. The lowest BCUT2D eigenvalue weighted by Crippen LogP contribution is -2.29. The van der Waals surface area contributed by atoms with Gasteiger partial charge in [0.25, 0.3) is 0 Å².